The highest BCUT2D eigenvalue weighted by atomic mass is 32.1. The van der Waals surface area contributed by atoms with Gasteiger partial charge >= 0.3 is 0 Å². The van der Waals surface area contributed by atoms with Crippen molar-refractivity contribution in [2.45, 2.75) is 18.8 Å². The molecule has 0 aliphatic carbocycles. The molecular formula is C13H18N4O2S. The molecule has 0 aliphatic heterocycles. The van der Waals surface area contributed by atoms with E-state index in [0.29, 0.717) is 18.7 Å². The van der Waals surface area contributed by atoms with Gasteiger partial charge in [-0.2, -0.15) is 0 Å². The van der Waals surface area contributed by atoms with Crippen molar-refractivity contribution in [3.05, 3.63) is 34.3 Å². The summed E-state index contributed by atoms with van der Waals surface area (Å²) >= 11 is 1.68. The Hall–Kier alpha value is -1.73. The molecule has 2 N–H and O–H groups in total. The van der Waals surface area contributed by atoms with Gasteiger partial charge in [0.05, 0.1) is 6.20 Å². The molecule has 2 aromatic rings. The van der Waals surface area contributed by atoms with Crippen LogP contribution in [0.1, 0.15) is 34.1 Å². The Morgan fingerprint density at radius 2 is 2.40 bits per heavy atom. The molecule has 1 amide bonds. The highest BCUT2D eigenvalue weighted by Crippen LogP contribution is 2.26. The molecule has 2 heterocycles. The number of carbonyl (C=O) groups is 1. The zero-order valence-corrected chi connectivity index (χ0v) is 12.1. The van der Waals surface area contributed by atoms with Crippen LogP contribution >= 0.6 is 11.3 Å². The van der Waals surface area contributed by atoms with Crippen LogP contribution in [0, 0.1) is 0 Å². The third-order valence-electron chi connectivity index (χ3n) is 3.04. The van der Waals surface area contributed by atoms with E-state index in [0.717, 1.165) is 6.42 Å². The average molecular weight is 294 g/mol. The lowest BCUT2D eigenvalue weighted by atomic mass is 10.00. The Labute approximate surface area is 121 Å². The van der Waals surface area contributed by atoms with Gasteiger partial charge in [0.1, 0.15) is 0 Å². The number of aromatic nitrogens is 3. The Bertz CT molecular complexity index is 538. The summed E-state index contributed by atoms with van der Waals surface area (Å²) in [5.74, 6) is 0.0641. The minimum atomic E-state index is -0.216. The quantitative estimate of drug-likeness (QED) is 0.803. The van der Waals surface area contributed by atoms with E-state index in [1.54, 1.807) is 24.6 Å². The summed E-state index contributed by atoms with van der Waals surface area (Å²) in [5, 5.41) is 21.5. The van der Waals surface area contributed by atoms with E-state index in [1.807, 2.05) is 11.4 Å². The van der Waals surface area contributed by atoms with E-state index in [1.165, 1.54) is 9.56 Å². The predicted molar refractivity (Wildman–Crippen MR) is 76.7 cm³/mol. The van der Waals surface area contributed by atoms with Crippen molar-refractivity contribution < 1.29 is 9.90 Å². The number of nitrogens with zero attached hydrogens (tertiary/aromatic N) is 3. The van der Waals surface area contributed by atoms with Crippen molar-refractivity contribution in [1.29, 1.82) is 0 Å². The summed E-state index contributed by atoms with van der Waals surface area (Å²) in [5.41, 5.74) is 0.322. The summed E-state index contributed by atoms with van der Waals surface area (Å²) in [4.78, 5) is 13.1. The zero-order valence-electron chi connectivity index (χ0n) is 11.3. The number of thiophene rings is 1. The highest BCUT2D eigenvalue weighted by Gasteiger charge is 2.14. The van der Waals surface area contributed by atoms with Gasteiger partial charge in [0.15, 0.2) is 5.69 Å². The summed E-state index contributed by atoms with van der Waals surface area (Å²) in [6.07, 6.45) is 3.09. The van der Waals surface area contributed by atoms with E-state index in [-0.39, 0.29) is 18.4 Å². The molecule has 7 heteroatoms. The number of aliphatic hydroxyl groups is 1. The molecule has 1 atom stereocenters. The molecule has 0 fully saturated rings. The van der Waals surface area contributed by atoms with E-state index >= 15 is 0 Å². The SMILES string of the molecule is Cn1cc(C(=O)NCCC(CCO)c2cccs2)nn1. The van der Waals surface area contributed by atoms with Gasteiger partial charge < -0.3 is 10.4 Å². The van der Waals surface area contributed by atoms with Gasteiger partial charge in [0.2, 0.25) is 0 Å². The van der Waals surface area contributed by atoms with Gasteiger partial charge in [-0.15, -0.1) is 16.4 Å². The molecule has 0 radical (unpaired) electrons. The maximum absolute atomic E-state index is 11.8. The first-order valence-electron chi connectivity index (χ1n) is 6.49. The second kappa shape index (κ2) is 7.16. The Kier molecular flexibility index (Phi) is 5.25. The van der Waals surface area contributed by atoms with Gasteiger partial charge in [-0.25, -0.2) is 0 Å². The van der Waals surface area contributed by atoms with Crippen LogP contribution in [0.4, 0.5) is 0 Å². The molecule has 20 heavy (non-hydrogen) atoms. The molecule has 2 rings (SSSR count). The van der Waals surface area contributed by atoms with E-state index < -0.39 is 0 Å². The fourth-order valence-electron chi connectivity index (χ4n) is 2.01. The van der Waals surface area contributed by atoms with Crippen molar-refractivity contribution in [2.24, 2.45) is 7.05 Å². The smallest absolute Gasteiger partial charge is 0.273 e. The summed E-state index contributed by atoms with van der Waals surface area (Å²) in [7, 11) is 1.72. The first kappa shape index (κ1) is 14.7. The van der Waals surface area contributed by atoms with Gasteiger partial charge in [-0.05, 0) is 30.2 Å². The van der Waals surface area contributed by atoms with E-state index in [2.05, 4.69) is 21.7 Å². The second-order valence-corrected chi connectivity index (χ2v) is 5.53. The van der Waals surface area contributed by atoms with Crippen LogP contribution in [0.3, 0.4) is 0 Å². The maximum Gasteiger partial charge on any atom is 0.273 e. The van der Waals surface area contributed by atoms with Gasteiger partial charge in [-0.1, -0.05) is 11.3 Å². The number of amides is 1. The molecule has 2 aromatic heterocycles. The molecule has 0 saturated heterocycles. The lowest BCUT2D eigenvalue weighted by Gasteiger charge is -2.14. The van der Waals surface area contributed by atoms with Gasteiger partial charge in [-0.3, -0.25) is 9.48 Å². The summed E-state index contributed by atoms with van der Waals surface area (Å²) in [6.45, 7) is 0.707. The van der Waals surface area contributed by atoms with Gasteiger partial charge in [0.25, 0.3) is 5.91 Å². The number of nitrogens with one attached hydrogen (secondary N) is 1. The lowest BCUT2D eigenvalue weighted by Crippen LogP contribution is -2.26. The van der Waals surface area contributed by atoms with Crippen LogP contribution < -0.4 is 5.32 Å². The normalized spacial score (nSPS) is 12.3. The standard InChI is InChI=1S/C13H18N4O2S/c1-17-9-11(15-16-17)13(19)14-6-4-10(5-7-18)12-3-2-8-20-12/h2-3,8-10,18H,4-7H2,1H3,(H,14,19). The zero-order chi connectivity index (χ0) is 14.4. The number of hydrogen-bond donors (Lipinski definition) is 2. The lowest BCUT2D eigenvalue weighted by molar-refractivity contribution is 0.0947. The molecule has 0 saturated carbocycles. The second-order valence-electron chi connectivity index (χ2n) is 4.55. The fraction of sp³-hybridized carbons (Fsp3) is 0.462. The number of aryl methyl sites for hydroxylation is 1. The van der Waals surface area contributed by atoms with Crippen molar-refractivity contribution in [3.63, 3.8) is 0 Å². The number of rotatable bonds is 7. The number of aliphatic hydroxyl groups excluding tert-OH is 1. The third-order valence-corrected chi connectivity index (χ3v) is 4.07. The molecule has 0 aliphatic rings. The van der Waals surface area contributed by atoms with E-state index in [9.17, 15) is 4.79 Å². The molecule has 0 spiro atoms. The molecule has 108 valence electrons. The monoisotopic (exact) mass is 294 g/mol. The van der Waals surface area contributed by atoms with Crippen LogP contribution in [0.25, 0.3) is 0 Å². The third kappa shape index (κ3) is 3.88. The first-order chi connectivity index (χ1) is 9.70. The maximum atomic E-state index is 11.8. The van der Waals surface area contributed by atoms with Crippen molar-refractivity contribution in [3.8, 4) is 0 Å². The molecule has 0 aromatic carbocycles. The van der Waals surface area contributed by atoms with Crippen LogP contribution in [0.5, 0.6) is 0 Å². The molecule has 1 unspecified atom stereocenters. The Morgan fingerprint density at radius 3 is 3.00 bits per heavy atom. The minimum Gasteiger partial charge on any atom is -0.396 e. The highest BCUT2D eigenvalue weighted by molar-refractivity contribution is 7.10. The first-order valence-corrected chi connectivity index (χ1v) is 7.37. The minimum absolute atomic E-state index is 0.153. The van der Waals surface area contributed by atoms with Crippen molar-refractivity contribution >= 4 is 17.2 Å². The number of carbonyl (C=O) groups excluding carboxylic acids is 1. The summed E-state index contributed by atoms with van der Waals surface area (Å²) in [6, 6.07) is 4.07. The van der Waals surface area contributed by atoms with Crippen LogP contribution in [0.2, 0.25) is 0 Å². The van der Waals surface area contributed by atoms with Gasteiger partial charge in [0, 0.05) is 25.1 Å². The van der Waals surface area contributed by atoms with E-state index in [4.69, 9.17) is 5.11 Å². The van der Waals surface area contributed by atoms with Crippen LogP contribution in [0.15, 0.2) is 23.7 Å². The predicted octanol–water partition coefficient (Wildman–Crippen LogP) is 1.16. The Morgan fingerprint density at radius 1 is 1.55 bits per heavy atom. The number of hydrogen-bond acceptors (Lipinski definition) is 5. The molecule has 6 nitrogen and oxygen atoms in total. The summed E-state index contributed by atoms with van der Waals surface area (Å²) < 4.78 is 1.50. The topological polar surface area (TPSA) is 80.0 Å². The van der Waals surface area contributed by atoms with Crippen molar-refractivity contribution in [2.75, 3.05) is 13.2 Å². The fourth-order valence-corrected chi connectivity index (χ4v) is 2.91. The van der Waals surface area contributed by atoms with Crippen LogP contribution in [-0.2, 0) is 7.05 Å². The molecule has 0 bridgehead atoms. The van der Waals surface area contributed by atoms with Crippen LogP contribution in [-0.4, -0.2) is 39.2 Å². The molecular weight excluding hydrogens is 276 g/mol. The average Bonchev–Trinajstić information content (AvgIpc) is 3.08. The Balaban J connectivity index is 1.83. The largest absolute Gasteiger partial charge is 0.396 e. The van der Waals surface area contributed by atoms with Crippen molar-refractivity contribution in [1.82, 2.24) is 20.3 Å².